The molecule has 0 unspecified atom stereocenters. The number of rotatable bonds is 10. The van der Waals surface area contributed by atoms with Crippen molar-refractivity contribution >= 4 is 5.91 Å². The molecular weight excluding hydrogens is 386 g/mol. The number of hydrogen-bond donors (Lipinski definition) is 2. The Morgan fingerprint density at radius 2 is 1.73 bits per heavy atom. The molecular formula is C21H37N5O4. The van der Waals surface area contributed by atoms with Crippen LogP contribution in [0.4, 0.5) is 0 Å². The summed E-state index contributed by atoms with van der Waals surface area (Å²) in [7, 11) is 0. The number of aliphatic hydroxyl groups excluding tert-OH is 1. The quantitative estimate of drug-likeness (QED) is 0.554. The Morgan fingerprint density at radius 3 is 2.40 bits per heavy atom. The molecule has 0 bridgehead atoms. The molecule has 2 aliphatic rings. The number of nitrogens with zero attached hydrogens (tertiary/aromatic N) is 4. The van der Waals surface area contributed by atoms with Gasteiger partial charge in [0.15, 0.2) is 5.69 Å². The average Bonchev–Trinajstić information content (AvgIpc) is 3.18. The Kier molecular flexibility index (Phi) is 9.07. The van der Waals surface area contributed by atoms with Crippen LogP contribution < -0.4 is 5.32 Å². The minimum absolute atomic E-state index is 0.176. The highest BCUT2D eigenvalue weighted by molar-refractivity contribution is 5.91. The molecule has 170 valence electrons. The summed E-state index contributed by atoms with van der Waals surface area (Å²) in [6, 6.07) is 0. The molecule has 0 aliphatic carbocycles. The molecule has 1 aromatic heterocycles. The van der Waals surface area contributed by atoms with Crippen molar-refractivity contribution in [3.05, 3.63) is 17.8 Å². The molecule has 2 saturated heterocycles. The molecule has 1 atom stereocenters. The molecule has 9 nitrogen and oxygen atoms in total. The van der Waals surface area contributed by atoms with E-state index in [-0.39, 0.29) is 12.0 Å². The first-order chi connectivity index (χ1) is 14.5. The number of carbonyl (C=O) groups is 1. The SMILES string of the molecule is CC(C)CCNC(=O)c1coc(CN2CCN(C[C@H](O)CN3CCOCC3)CC2)n1. The predicted molar refractivity (Wildman–Crippen MR) is 113 cm³/mol. The molecule has 1 amide bonds. The van der Waals surface area contributed by atoms with E-state index in [2.05, 4.69) is 38.8 Å². The third-order valence-corrected chi connectivity index (χ3v) is 5.66. The number of morpholine rings is 1. The predicted octanol–water partition coefficient (Wildman–Crippen LogP) is 0.261. The molecule has 3 rings (SSSR count). The van der Waals surface area contributed by atoms with Crippen molar-refractivity contribution in [1.82, 2.24) is 25.0 Å². The first kappa shape index (κ1) is 23.1. The lowest BCUT2D eigenvalue weighted by atomic mass is 10.1. The van der Waals surface area contributed by atoms with E-state index in [4.69, 9.17) is 9.15 Å². The summed E-state index contributed by atoms with van der Waals surface area (Å²) >= 11 is 0. The Morgan fingerprint density at radius 1 is 1.10 bits per heavy atom. The molecule has 9 heteroatoms. The number of β-amino-alcohol motifs (C(OH)–C–C–N with tert-alkyl or cyclic N) is 1. The number of piperazine rings is 1. The zero-order valence-corrected chi connectivity index (χ0v) is 18.4. The van der Waals surface area contributed by atoms with E-state index in [1.165, 1.54) is 6.26 Å². The van der Waals surface area contributed by atoms with Crippen molar-refractivity contribution in [3.63, 3.8) is 0 Å². The number of ether oxygens (including phenoxy) is 1. The highest BCUT2D eigenvalue weighted by atomic mass is 16.5. The van der Waals surface area contributed by atoms with Crippen LogP contribution in [0.25, 0.3) is 0 Å². The van der Waals surface area contributed by atoms with Gasteiger partial charge < -0.3 is 19.6 Å². The third-order valence-electron chi connectivity index (χ3n) is 5.66. The minimum Gasteiger partial charge on any atom is -0.447 e. The highest BCUT2D eigenvalue weighted by Crippen LogP contribution is 2.10. The van der Waals surface area contributed by atoms with Crippen molar-refractivity contribution in [2.24, 2.45) is 5.92 Å². The lowest BCUT2D eigenvalue weighted by molar-refractivity contribution is 0.00187. The summed E-state index contributed by atoms with van der Waals surface area (Å²) < 4.78 is 10.9. The van der Waals surface area contributed by atoms with Crippen molar-refractivity contribution in [1.29, 1.82) is 0 Å². The standard InChI is InChI=1S/C21H37N5O4/c1-17(2)3-4-22-21(28)19-16-30-20(23-19)15-25-7-5-24(6-8-25)13-18(27)14-26-9-11-29-12-10-26/h16-18,27H,3-15H2,1-2H3,(H,22,28)/t18-/m0/s1. The maximum atomic E-state index is 12.1. The van der Waals surface area contributed by atoms with Crippen LogP contribution in [0.15, 0.2) is 10.7 Å². The van der Waals surface area contributed by atoms with Crippen molar-refractivity contribution in [2.75, 3.05) is 72.1 Å². The number of amides is 1. The summed E-state index contributed by atoms with van der Waals surface area (Å²) in [6.07, 6.45) is 2.05. The average molecular weight is 424 g/mol. The third kappa shape index (κ3) is 7.63. The molecule has 2 fully saturated rings. The normalized spacial score (nSPS) is 20.5. The number of carbonyl (C=O) groups excluding carboxylic acids is 1. The molecule has 0 radical (unpaired) electrons. The summed E-state index contributed by atoms with van der Waals surface area (Å²) in [5.74, 6) is 0.951. The number of aromatic nitrogens is 1. The fourth-order valence-electron chi connectivity index (χ4n) is 3.81. The number of hydrogen-bond acceptors (Lipinski definition) is 8. The van der Waals surface area contributed by atoms with Gasteiger partial charge in [-0.3, -0.25) is 19.5 Å². The summed E-state index contributed by atoms with van der Waals surface area (Å²) in [6.45, 7) is 13.8. The van der Waals surface area contributed by atoms with E-state index in [0.717, 1.165) is 58.9 Å². The fourth-order valence-corrected chi connectivity index (χ4v) is 3.81. The first-order valence-electron chi connectivity index (χ1n) is 11.1. The number of aliphatic hydroxyl groups is 1. The van der Waals surface area contributed by atoms with E-state index < -0.39 is 0 Å². The van der Waals surface area contributed by atoms with Crippen molar-refractivity contribution in [2.45, 2.75) is 32.9 Å². The second-order valence-corrected chi connectivity index (χ2v) is 8.71. The van der Waals surface area contributed by atoms with Gasteiger partial charge in [0.2, 0.25) is 5.89 Å². The van der Waals surface area contributed by atoms with Gasteiger partial charge in [-0.2, -0.15) is 0 Å². The lowest BCUT2D eigenvalue weighted by Crippen LogP contribution is -2.50. The van der Waals surface area contributed by atoms with Gasteiger partial charge in [0.1, 0.15) is 6.26 Å². The Balaban J connectivity index is 1.34. The maximum absolute atomic E-state index is 12.1. The van der Waals surface area contributed by atoms with E-state index >= 15 is 0 Å². The molecule has 30 heavy (non-hydrogen) atoms. The summed E-state index contributed by atoms with van der Waals surface area (Å²) in [5, 5.41) is 13.3. The second kappa shape index (κ2) is 11.8. The van der Waals surface area contributed by atoms with Crippen molar-refractivity contribution < 1.29 is 19.1 Å². The van der Waals surface area contributed by atoms with Gasteiger partial charge >= 0.3 is 0 Å². The Hall–Kier alpha value is -1.52. The summed E-state index contributed by atoms with van der Waals surface area (Å²) in [4.78, 5) is 23.3. The monoisotopic (exact) mass is 423 g/mol. The molecule has 3 heterocycles. The molecule has 0 saturated carbocycles. The smallest absolute Gasteiger partial charge is 0.273 e. The highest BCUT2D eigenvalue weighted by Gasteiger charge is 2.22. The van der Waals surface area contributed by atoms with Gasteiger partial charge in [-0.05, 0) is 12.3 Å². The largest absolute Gasteiger partial charge is 0.447 e. The fraction of sp³-hybridized carbons (Fsp3) is 0.810. The van der Waals surface area contributed by atoms with Gasteiger partial charge in [-0.25, -0.2) is 4.98 Å². The number of oxazole rings is 1. The topological polar surface area (TPSA) is 94.3 Å². The second-order valence-electron chi connectivity index (χ2n) is 8.71. The zero-order chi connectivity index (χ0) is 21.3. The van der Waals surface area contributed by atoms with Crippen LogP contribution >= 0.6 is 0 Å². The maximum Gasteiger partial charge on any atom is 0.273 e. The van der Waals surface area contributed by atoms with Crippen LogP contribution in [0.2, 0.25) is 0 Å². The van der Waals surface area contributed by atoms with Crippen LogP contribution in [0.3, 0.4) is 0 Å². The van der Waals surface area contributed by atoms with Crippen LogP contribution in [-0.4, -0.2) is 109 Å². The van der Waals surface area contributed by atoms with Gasteiger partial charge in [0.05, 0.1) is 25.9 Å². The van der Waals surface area contributed by atoms with Crippen LogP contribution in [-0.2, 0) is 11.3 Å². The van der Waals surface area contributed by atoms with Crippen molar-refractivity contribution in [3.8, 4) is 0 Å². The van der Waals surface area contributed by atoms with Gasteiger partial charge in [0, 0.05) is 58.9 Å². The van der Waals surface area contributed by atoms with Crippen LogP contribution in [0.1, 0.15) is 36.6 Å². The Bertz CT molecular complexity index is 639. The van der Waals surface area contributed by atoms with Gasteiger partial charge in [-0.15, -0.1) is 0 Å². The molecule has 2 N–H and O–H groups in total. The minimum atomic E-state index is -0.335. The van der Waals surface area contributed by atoms with Gasteiger partial charge in [-0.1, -0.05) is 13.8 Å². The summed E-state index contributed by atoms with van der Waals surface area (Å²) in [5.41, 5.74) is 0.346. The zero-order valence-electron chi connectivity index (χ0n) is 18.4. The molecule has 2 aliphatic heterocycles. The van der Waals surface area contributed by atoms with E-state index in [1.807, 2.05) is 0 Å². The van der Waals surface area contributed by atoms with Crippen LogP contribution in [0, 0.1) is 5.92 Å². The van der Waals surface area contributed by atoms with E-state index in [1.54, 1.807) is 0 Å². The van der Waals surface area contributed by atoms with Gasteiger partial charge in [0.25, 0.3) is 5.91 Å². The molecule has 0 spiro atoms. The lowest BCUT2D eigenvalue weighted by Gasteiger charge is -2.36. The van der Waals surface area contributed by atoms with E-state index in [9.17, 15) is 9.90 Å². The van der Waals surface area contributed by atoms with E-state index in [0.29, 0.717) is 43.7 Å². The molecule has 0 aromatic carbocycles. The Labute approximate surface area is 179 Å². The first-order valence-corrected chi connectivity index (χ1v) is 11.1. The number of nitrogens with one attached hydrogen (secondary N) is 1. The molecule has 1 aromatic rings. The van der Waals surface area contributed by atoms with Crippen LogP contribution in [0.5, 0.6) is 0 Å².